The number of hydrogen-bond acceptors (Lipinski definition) is 5. The summed E-state index contributed by atoms with van der Waals surface area (Å²) in [5.74, 6) is 2.17. The fourth-order valence-electron chi connectivity index (χ4n) is 5.06. The second-order valence-electron chi connectivity index (χ2n) is 10.7. The molecule has 1 aliphatic rings. The van der Waals surface area contributed by atoms with E-state index in [1.54, 1.807) is 0 Å². The van der Waals surface area contributed by atoms with Gasteiger partial charge < -0.3 is 14.5 Å². The minimum atomic E-state index is -0.116. The Labute approximate surface area is 216 Å². The van der Waals surface area contributed by atoms with Crippen LogP contribution in [-0.4, -0.2) is 55.3 Å². The minimum Gasteiger partial charge on any atom is -0.361 e. The predicted molar refractivity (Wildman–Crippen MR) is 145 cm³/mol. The number of hydrogen-bond donors (Lipinski definition) is 1. The zero-order valence-electron chi connectivity index (χ0n) is 21.8. The molecule has 0 aliphatic carbocycles. The number of carbonyl (C=O) groups excluding carboxylic acids is 1. The maximum absolute atomic E-state index is 12.8. The summed E-state index contributed by atoms with van der Waals surface area (Å²) in [6, 6.07) is 5.88. The van der Waals surface area contributed by atoms with Gasteiger partial charge >= 0.3 is 0 Å². The van der Waals surface area contributed by atoms with E-state index in [4.69, 9.17) is 21.7 Å². The molecule has 0 saturated heterocycles. The van der Waals surface area contributed by atoms with Gasteiger partial charge in [0, 0.05) is 59.9 Å². The van der Waals surface area contributed by atoms with Crippen LogP contribution in [0.4, 0.5) is 5.82 Å². The van der Waals surface area contributed by atoms with Crippen molar-refractivity contribution >= 4 is 34.1 Å². The maximum atomic E-state index is 12.8. The summed E-state index contributed by atoms with van der Waals surface area (Å²) in [6.45, 7) is 11.3. The number of halogens is 1. The fraction of sp³-hybridized carbons (Fsp3) is 0.444. The highest BCUT2D eigenvalue weighted by Gasteiger charge is 2.32. The van der Waals surface area contributed by atoms with Crippen LogP contribution in [0.5, 0.6) is 0 Å². The highest BCUT2D eigenvalue weighted by molar-refractivity contribution is 6.31. The van der Waals surface area contributed by atoms with E-state index in [2.05, 4.69) is 35.7 Å². The summed E-state index contributed by atoms with van der Waals surface area (Å²) in [6.07, 6.45) is 3.86. The van der Waals surface area contributed by atoms with Crippen molar-refractivity contribution in [3.63, 3.8) is 0 Å². The number of Topliss-reactive ketones (excluding diaryl/α,β-unsaturated/α-hetero) is 1. The molecule has 4 aromatic rings. The summed E-state index contributed by atoms with van der Waals surface area (Å²) in [7, 11) is 4.08. The van der Waals surface area contributed by atoms with E-state index < -0.39 is 0 Å². The molecule has 36 heavy (non-hydrogen) atoms. The molecule has 0 saturated carbocycles. The number of aromatic amines is 1. The van der Waals surface area contributed by atoms with Crippen LogP contribution in [0.25, 0.3) is 22.4 Å². The second-order valence-corrected chi connectivity index (χ2v) is 11.1. The molecular weight excluding hydrogens is 474 g/mol. The normalized spacial score (nSPS) is 14.4. The van der Waals surface area contributed by atoms with E-state index in [9.17, 15) is 4.79 Å². The first-order chi connectivity index (χ1) is 17.1. The van der Waals surface area contributed by atoms with E-state index in [0.717, 1.165) is 59.1 Å². The van der Waals surface area contributed by atoms with E-state index >= 15 is 0 Å². The van der Waals surface area contributed by atoms with Gasteiger partial charge in [-0.1, -0.05) is 39.3 Å². The van der Waals surface area contributed by atoms with Gasteiger partial charge in [-0.05, 0) is 36.7 Å². The Morgan fingerprint density at radius 2 is 1.97 bits per heavy atom. The van der Waals surface area contributed by atoms with Gasteiger partial charge in [-0.25, -0.2) is 4.98 Å². The quantitative estimate of drug-likeness (QED) is 0.349. The highest BCUT2D eigenvalue weighted by Crippen LogP contribution is 2.36. The van der Waals surface area contributed by atoms with Gasteiger partial charge in [-0.3, -0.25) is 14.4 Å². The molecule has 5 rings (SSSR count). The summed E-state index contributed by atoms with van der Waals surface area (Å²) in [5.41, 5.74) is 4.72. The van der Waals surface area contributed by atoms with Gasteiger partial charge in [-0.2, -0.15) is 5.10 Å². The molecule has 190 valence electrons. The first-order valence-electron chi connectivity index (χ1n) is 12.5. The van der Waals surface area contributed by atoms with E-state index in [0.29, 0.717) is 23.2 Å². The van der Waals surface area contributed by atoms with Gasteiger partial charge in [-0.15, -0.1) is 0 Å². The number of nitrogens with zero attached hydrogens (tertiary/aromatic N) is 6. The van der Waals surface area contributed by atoms with Crippen molar-refractivity contribution < 1.29 is 4.79 Å². The molecule has 1 aromatic carbocycles. The number of aryl methyl sites for hydroxylation is 1. The van der Waals surface area contributed by atoms with Crippen molar-refractivity contribution in [1.82, 2.24) is 29.2 Å². The average molecular weight is 508 g/mol. The molecule has 9 heteroatoms. The molecule has 1 N–H and O–H groups in total. The van der Waals surface area contributed by atoms with E-state index in [1.807, 2.05) is 60.7 Å². The van der Waals surface area contributed by atoms with E-state index in [1.165, 1.54) is 0 Å². The molecular formula is C27H34ClN7O. The zero-order chi connectivity index (χ0) is 25.7. The van der Waals surface area contributed by atoms with Crippen molar-refractivity contribution in [3.05, 3.63) is 52.4 Å². The number of H-pyrrole nitrogens is 1. The van der Waals surface area contributed by atoms with Gasteiger partial charge in [0.25, 0.3) is 0 Å². The number of aromatic nitrogens is 5. The minimum absolute atomic E-state index is 0.0432. The number of nitrogens with one attached hydrogen (secondary N) is 1. The number of anilines is 1. The Hall–Kier alpha value is -3.10. The summed E-state index contributed by atoms with van der Waals surface area (Å²) in [5, 5.41) is 6.94. The van der Waals surface area contributed by atoms with Gasteiger partial charge in [0.1, 0.15) is 11.4 Å². The molecule has 0 bridgehead atoms. The second kappa shape index (κ2) is 9.41. The Morgan fingerprint density at radius 1 is 1.19 bits per heavy atom. The largest absolute Gasteiger partial charge is 0.361 e. The van der Waals surface area contributed by atoms with Crippen molar-refractivity contribution in [2.24, 2.45) is 18.9 Å². The molecule has 4 heterocycles. The van der Waals surface area contributed by atoms with Gasteiger partial charge in [0.15, 0.2) is 17.4 Å². The molecule has 0 unspecified atom stereocenters. The molecule has 0 fully saturated rings. The number of imidazole rings is 1. The topological polar surface area (TPSA) is 75.0 Å². The maximum Gasteiger partial charge on any atom is 0.185 e. The molecule has 3 aromatic heterocycles. The Balaban J connectivity index is 1.68. The third kappa shape index (κ3) is 4.44. The Bertz CT molecular complexity index is 1430. The number of carbonyl (C=O) groups is 1. The van der Waals surface area contributed by atoms with Crippen LogP contribution in [0.1, 0.15) is 49.3 Å². The average Bonchev–Trinajstić information content (AvgIpc) is 3.48. The molecule has 0 spiro atoms. The lowest BCUT2D eigenvalue weighted by molar-refractivity contribution is 0.0935. The molecule has 1 aliphatic heterocycles. The monoisotopic (exact) mass is 507 g/mol. The predicted octanol–water partition coefficient (Wildman–Crippen LogP) is 5.17. The third-order valence-corrected chi connectivity index (χ3v) is 6.90. The lowest BCUT2D eigenvalue weighted by atomic mass is 10.1. The van der Waals surface area contributed by atoms with Crippen molar-refractivity contribution in [2.75, 3.05) is 25.2 Å². The first-order valence-corrected chi connectivity index (χ1v) is 12.9. The van der Waals surface area contributed by atoms with Gasteiger partial charge in [0.05, 0.1) is 13.2 Å². The van der Waals surface area contributed by atoms with Crippen LogP contribution in [-0.2, 0) is 20.1 Å². The van der Waals surface area contributed by atoms with Crippen LogP contribution < -0.4 is 4.90 Å². The first kappa shape index (κ1) is 24.6. The third-order valence-electron chi connectivity index (χ3n) is 6.67. The number of fused-ring (bicyclic) bond motifs is 2. The van der Waals surface area contributed by atoms with Crippen molar-refractivity contribution in [1.29, 1.82) is 0 Å². The molecule has 0 amide bonds. The SMILES string of the molecule is CC(C)CN1CN(C)Cc2c1nn(Cc1c[nH]c3ccc(Cl)cc13)c2-c1nc(C(=O)C(C)C)cn1C. The zero-order valence-corrected chi connectivity index (χ0v) is 22.6. The van der Waals surface area contributed by atoms with Crippen LogP contribution >= 0.6 is 11.6 Å². The Kier molecular flexibility index (Phi) is 6.43. The molecule has 0 radical (unpaired) electrons. The molecule has 0 atom stereocenters. The van der Waals surface area contributed by atoms with Crippen LogP contribution in [0, 0.1) is 11.8 Å². The number of benzene rings is 1. The number of ketones is 1. The van der Waals surface area contributed by atoms with Crippen LogP contribution in [0.3, 0.4) is 0 Å². The summed E-state index contributed by atoms with van der Waals surface area (Å²) >= 11 is 6.33. The molecule has 8 nitrogen and oxygen atoms in total. The van der Waals surface area contributed by atoms with Gasteiger partial charge in [0.2, 0.25) is 0 Å². The van der Waals surface area contributed by atoms with Crippen LogP contribution in [0.15, 0.2) is 30.6 Å². The lowest BCUT2D eigenvalue weighted by Gasteiger charge is -2.34. The standard InChI is InChI=1S/C27H34ClN7O/c1-16(2)11-34-15-32(5)13-21-24(27-30-23(14-33(27)6)25(36)17(3)4)35(31-26(21)34)12-18-10-29-22-8-7-19(28)9-20(18)22/h7-10,14,16-17,29H,11-13,15H2,1-6H3. The fourth-order valence-corrected chi connectivity index (χ4v) is 5.23. The number of rotatable bonds is 7. The van der Waals surface area contributed by atoms with Crippen LogP contribution in [0.2, 0.25) is 5.02 Å². The summed E-state index contributed by atoms with van der Waals surface area (Å²) < 4.78 is 4.00. The lowest BCUT2D eigenvalue weighted by Crippen LogP contribution is -2.42. The highest BCUT2D eigenvalue weighted by atomic mass is 35.5. The summed E-state index contributed by atoms with van der Waals surface area (Å²) in [4.78, 5) is 25.6. The van der Waals surface area contributed by atoms with Crippen molar-refractivity contribution in [2.45, 2.75) is 40.8 Å². The van der Waals surface area contributed by atoms with E-state index in [-0.39, 0.29) is 11.7 Å². The smallest absolute Gasteiger partial charge is 0.185 e. The Morgan fingerprint density at radius 3 is 2.69 bits per heavy atom. The van der Waals surface area contributed by atoms with Crippen molar-refractivity contribution in [3.8, 4) is 11.5 Å².